The lowest BCUT2D eigenvalue weighted by Crippen LogP contribution is -2.47. The summed E-state index contributed by atoms with van der Waals surface area (Å²) in [6.45, 7) is 2.36. The first-order chi connectivity index (χ1) is 15.8. The molecule has 0 spiro atoms. The van der Waals surface area contributed by atoms with Crippen LogP contribution in [-0.2, 0) is 11.2 Å². The molecule has 3 aromatic rings. The molecule has 10 heteroatoms. The Labute approximate surface area is 194 Å². The zero-order chi connectivity index (χ0) is 23.6. The lowest BCUT2D eigenvalue weighted by molar-refractivity contribution is -0.151. The van der Waals surface area contributed by atoms with Gasteiger partial charge in [0.25, 0.3) is 5.91 Å². The minimum atomic E-state index is -1.11. The summed E-state index contributed by atoms with van der Waals surface area (Å²) in [6, 6.07) is 11.2. The molecule has 0 atom stereocenters. The zero-order valence-corrected chi connectivity index (χ0v) is 18.7. The van der Waals surface area contributed by atoms with Crippen molar-refractivity contribution < 1.29 is 19.1 Å². The predicted molar refractivity (Wildman–Crippen MR) is 121 cm³/mol. The summed E-state index contributed by atoms with van der Waals surface area (Å²) in [4.78, 5) is 31.0. The van der Waals surface area contributed by atoms with Crippen molar-refractivity contribution in [2.75, 3.05) is 18.4 Å². The molecule has 3 N–H and O–H groups in total. The smallest absolute Gasteiger partial charge is 0.310 e. The number of rotatable bonds is 6. The maximum atomic E-state index is 14.3. The number of benzene rings is 1. The van der Waals surface area contributed by atoms with Crippen LogP contribution in [0.25, 0.3) is 0 Å². The normalized spacial score (nSPS) is 15.3. The van der Waals surface area contributed by atoms with Gasteiger partial charge in [0, 0.05) is 37.0 Å². The van der Waals surface area contributed by atoms with E-state index in [0.717, 1.165) is 5.69 Å². The third kappa shape index (κ3) is 4.83. The standard InChI is InChI=1S/C23H23ClFN5O3/c1-14-12-19(29-28-14)27-20-18(25)7-6-15(26-20)13-23(22(32)33)8-10-30(11-9-23)21(31)16-4-2-3-5-17(16)24/h2-7,12H,8-11,13H2,1H3,(H,32,33)(H2,26,27,28,29). The quantitative estimate of drug-likeness (QED) is 0.497. The van der Waals surface area contributed by atoms with Crippen molar-refractivity contribution >= 4 is 35.1 Å². The van der Waals surface area contributed by atoms with Gasteiger partial charge in [0.1, 0.15) is 0 Å². The van der Waals surface area contributed by atoms with Gasteiger partial charge in [-0.25, -0.2) is 9.37 Å². The fourth-order valence-electron chi connectivity index (χ4n) is 4.03. The molecule has 1 amide bonds. The summed E-state index contributed by atoms with van der Waals surface area (Å²) in [7, 11) is 0. The first kappa shape index (κ1) is 22.7. The number of anilines is 2. The van der Waals surface area contributed by atoms with Crippen LogP contribution in [0.15, 0.2) is 42.5 Å². The molecular formula is C23H23ClFN5O3. The molecule has 1 saturated heterocycles. The molecule has 3 heterocycles. The summed E-state index contributed by atoms with van der Waals surface area (Å²) < 4.78 is 14.3. The maximum absolute atomic E-state index is 14.3. The monoisotopic (exact) mass is 471 g/mol. The highest BCUT2D eigenvalue weighted by Gasteiger charge is 2.43. The third-order valence-electron chi connectivity index (χ3n) is 5.94. The summed E-state index contributed by atoms with van der Waals surface area (Å²) >= 11 is 6.15. The van der Waals surface area contributed by atoms with Crippen molar-refractivity contribution in [3.8, 4) is 0 Å². The first-order valence-corrected chi connectivity index (χ1v) is 10.9. The fourth-order valence-corrected chi connectivity index (χ4v) is 4.24. The van der Waals surface area contributed by atoms with Crippen LogP contribution >= 0.6 is 11.6 Å². The highest BCUT2D eigenvalue weighted by molar-refractivity contribution is 6.33. The molecule has 8 nitrogen and oxygen atoms in total. The minimum Gasteiger partial charge on any atom is -0.481 e. The molecule has 172 valence electrons. The van der Waals surface area contributed by atoms with E-state index < -0.39 is 17.2 Å². The molecule has 0 unspecified atom stereocenters. The van der Waals surface area contributed by atoms with Crippen LogP contribution in [-0.4, -0.2) is 50.2 Å². The highest BCUT2D eigenvalue weighted by atomic mass is 35.5. The van der Waals surface area contributed by atoms with Crippen molar-refractivity contribution in [3.63, 3.8) is 0 Å². The summed E-state index contributed by atoms with van der Waals surface area (Å²) in [5.74, 6) is -1.36. The van der Waals surface area contributed by atoms with E-state index in [9.17, 15) is 19.1 Å². The number of nitrogens with zero attached hydrogens (tertiary/aromatic N) is 3. The Hall–Kier alpha value is -3.46. The Morgan fingerprint density at radius 1 is 1.24 bits per heavy atom. The SMILES string of the molecule is Cc1cc(Nc2nc(CC3(C(=O)O)CCN(C(=O)c4ccccc4Cl)CC3)ccc2F)n[nH]1. The van der Waals surface area contributed by atoms with E-state index >= 15 is 0 Å². The Morgan fingerprint density at radius 3 is 2.61 bits per heavy atom. The number of nitrogens with one attached hydrogen (secondary N) is 2. The molecule has 2 aromatic heterocycles. The average Bonchev–Trinajstić information content (AvgIpc) is 3.21. The van der Waals surface area contributed by atoms with Gasteiger partial charge in [0.15, 0.2) is 17.5 Å². The summed E-state index contributed by atoms with van der Waals surface area (Å²) in [6.07, 6.45) is 0.614. The number of aromatic amines is 1. The summed E-state index contributed by atoms with van der Waals surface area (Å²) in [5, 5.41) is 20.0. The van der Waals surface area contributed by atoms with Crippen LogP contribution in [0.2, 0.25) is 5.02 Å². The Kier molecular flexibility index (Phi) is 6.33. The Bertz CT molecular complexity index is 1190. The molecule has 1 fully saturated rings. The van der Waals surface area contributed by atoms with Crippen LogP contribution < -0.4 is 5.32 Å². The number of hydrogen-bond donors (Lipinski definition) is 3. The van der Waals surface area contributed by atoms with Crippen molar-refractivity contribution in [3.05, 3.63) is 70.3 Å². The number of carboxylic acids is 1. The highest BCUT2D eigenvalue weighted by Crippen LogP contribution is 2.36. The number of carbonyl (C=O) groups excluding carboxylic acids is 1. The predicted octanol–water partition coefficient (Wildman–Crippen LogP) is 4.20. The minimum absolute atomic E-state index is 0.0223. The molecule has 33 heavy (non-hydrogen) atoms. The number of likely N-dealkylation sites (tertiary alicyclic amines) is 1. The number of aryl methyl sites for hydroxylation is 1. The van der Waals surface area contributed by atoms with E-state index in [1.54, 1.807) is 35.2 Å². The fraction of sp³-hybridized carbons (Fsp3) is 0.304. The second-order valence-electron chi connectivity index (χ2n) is 8.23. The third-order valence-corrected chi connectivity index (χ3v) is 6.27. The van der Waals surface area contributed by atoms with E-state index in [4.69, 9.17) is 11.6 Å². The number of aromatic nitrogens is 3. The number of hydrogen-bond acceptors (Lipinski definition) is 5. The van der Waals surface area contributed by atoms with Crippen LogP contribution in [0.4, 0.5) is 16.0 Å². The number of piperidine rings is 1. The van der Waals surface area contributed by atoms with Crippen LogP contribution in [0, 0.1) is 18.2 Å². The molecule has 0 radical (unpaired) electrons. The van der Waals surface area contributed by atoms with E-state index in [-0.39, 0.29) is 44.1 Å². The second-order valence-corrected chi connectivity index (χ2v) is 8.64. The number of H-pyrrole nitrogens is 1. The average molecular weight is 472 g/mol. The molecular weight excluding hydrogens is 449 g/mol. The Morgan fingerprint density at radius 2 is 1.97 bits per heavy atom. The lowest BCUT2D eigenvalue weighted by atomic mass is 9.74. The summed E-state index contributed by atoms with van der Waals surface area (Å²) in [5.41, 5.74) is 0.533. The maximum Gasteiger partial charge on any atom is 0.310 e. The molecule has 0 bridgehead atoms. The number of amides is 1. The van der Waals surface area contributed by atoms with Gasteiger partial charge >= 0.3 is 5.97 Å². The molecule has 1 aliphatic heterocycles. The number of carboxylic acid groups (broad SMARTS) is 1. The van der Waals surface area contributed by atoms with Crippen molar-refractivity contribution in [2.24, 2.45) is 5.41 Å². The number of pyridine rings is 1. The van der Waals surface area contributed by atoms with Crippen molar-refractivity contribution in [1.82, 2.24) is 20.1 Å². The van der Waals surface area contributed by atoms with Gasteiger partial charge in [0.05, 0.1) is 16.0 Å². The van der Waals surface area contributed by atoms with Gasteiger partial charge in [-0.2, -0.15) is 5.10 Å². The van der Waals surface area contributed by atoms with Gasteiger partial charge in [-0.15, -0.1) is 0 Å². The van der Waals surface area contributed by atoms with E-state index in [0.29, 0.717) is 22.1 Å². The molecule has 4 rings (SSSR count). The molecule has 0 aliphatic carbocycles. The van der Waals surface area contributed by atoms with Gasteiger partial charge in [0.2, 0.25) is 0 Å². The van der Waals surface area contributed by atoms with Gasteiger partial charge in [-0.05, 0) is 44.0 Å². The van der Waals surface area contributed by atoms with E-state index in [2.05, 4.69) is 20.5 Å². The lowest BCUT2D eigenvalue weighted by Gasteiger charge is -2.39. The largest absolute Gasteiger partial charge is 0.481 e. The molecule has 0 saturated carbocycles. The van der Waals surface area contributed by atoms with Crippen molar-refractivity contribution in [1.29, 1.82) is 0 Å². The zero-order valence-electron chi connectivity index (χ0n) is 17.9. The number of halogens is 2. The number of aliphatic carboxylic acids is 1. The first-order valence-electron chi connectivity index (χ1n) is 10.5. The molecule has 1 aliphatic rings. The van der Waals surface area contributed by atoms with Crippen molar-refractivity contribution in [2.45, 2.75) is 26.2 Å². The second kappa shape index (κ2) is 9.19. The van der Waals surface area contributed by atoms with E-state index in [1.165, 1.54) is 12.1 Å². The Balaban J connectivity index is 1.49. The molecule has 1 aromatic carbocycles. The van der Waals surface area contributed by atoms with Gasteiger partial charge in [-0.1, -0.05) is 23.7 Å². The van der Waals surface area contributed by atoms with E-state index in [1.807, 2.05) is 6.92 Å². The topological polar surface area (TPSA) is 111 Å². The van der Waals surface area contributed by atoms with Crippen LogP contribution in [0.5, 0.6) is 0 Å². The van der Waals surface area contributed by atoms with Gasteiger partial charge in [-0.3, -0.25) is 14.7 Å². The van der Waals surface area contributed by atoms with Gasteiger partial charge < -0.3 is 15.3 Å². The van der Waals surface area contributed by atoms with Crippen LogP contribution in [0.3, 0.4) is 0 Å². The van der Waals surface area contributed by atoms with Crippen LogP contribution in [0.1, 0.15) is 34.6 Å². The number of carbonyl (C=O) groups is 2.